The second-order valence-electron chi connectivity index (χ2n) is 6.79. The molecule has 1 unspecified atom stereocenters. The van der Waals surface area contributed by atoms with Crippen molar-refractivity contribution >= 4 is 5.91 Å². The van der Waals surface area contributed by atoms with Gasteiger partial charge in [0.1, 0.15) is 0 Å². The number of nitrogens with zero attached hydrogens (tertiary/aromatic N) is 1. The number of nitrogens with one attached hydrogen (secondary N) is 1. The summed E-state index contributed by atoms with van der Waals surface area (Å²) in [7, 11) is 0. The normalized spacial score (nSPS) is 25.5. The van der Waals surface area contributed by atoms with E-state index < -0.39 is 0 Å². The summed E-state index contributed by atoms with van der Waals surface area (Å²) in [5.41, 5.74) is 2.93. The lowest BCUT2D eigenvalue weighted by atomic mass is 9.68. The van der Waals surface area contributed by atoms with Gasteiger partial charge in [-0.2, -0.15) is 0 Å². The molecule has 110 valence electrons. The molecule has 0 aromatic rings. The molecule has 1 atom stereocenters. The van der Waals surface area contributed by atoms with Crippen LogP contribution < -0.4 is 11.3 Å². The third-order valence-electron chi connectivity index (χ3n) is 5.21. The smallest absolute Gasteiger partial charge is 0.251 e. The largest absolute Gasteiger partial charge is 0.293 e. The van der Waals surface area contributed by atoms with Gasteiger partial charge < -0.3 is 0 Å². The summed E-state index contributed by atoms with van der Waals surface area (Å²) in [5, 5.41) is 0. The van der Waals surface area contributed by atoms with Crippen LogP contribution in [0.15, 0.2) is 0 Å². The van der Waals surface area contributed by atoms with Crippen molar-refractivity contribution in [1.29, 1.82) is 0 Å². The quantitative estimate of drug-likeness (QED) is 0.467. The summed E-state index contributed by atoms with van der Waals surface area (Å²) >= 11 is 0. The number of carbonyl (C=O) groups excluding carboxylic acids is 1. The SMILES string of the molecule is CC(C)C(C(=O)NN)N1CCC2(CCCCC2)CC1. The first-order chi connectivity index (χ1) is 9.08. The number of carbonyl (C=O) groups is 1. The van der Waals surface area contributed by atoms with Crippen LogP contribution in [-0.2, 0) is 4.79 Å². The summed E-state index contributed by atoms with van der Waals surface area (Å²) in [5.74, 6) is 5.60. The van der Waals surface area contributed by atoms with E-state index in [0.29, 0.717) is 11.3 Å². The van der Waals surface area contributed by atoms with Crippen LogP contribution in [0.25, 0.3) is 0 Å². The van der Waals surface area contributed by atoms with Gasteiger partial charge in [0, 0.05) is 0 Å². The Kier molecular flexibility index (Phi) is 4.85. The van der Waals surface area contributed by atoms with Gasteiger partial charge in [0.2, 0.25) is 0 Å². The molecule has 2 rings (SSSR count). The van der Waals surface area contributed by atoms with Gasteiger partial charge in [0.15, 0.2) is 0 Å². The van der Waals surface area contributed by atoms with Crippen molar-refractivity contribution in [3.05, 3.63) is 0 Å². The fourth-order valence-electron chi connectivity index (χ4n) is 4.05. The standard InChI is InChI=1S/C15H29N3O/c1-12(2)13(14(19)17-16)18-10-8-15(9-11-18)6-4-3-5-7-15/h12-13H,3-11,16H2,1-2H3,(H,17,19). The molecule has 1 aliphatic heterocycles. The maximum absolute atomic E-state index is 11.9. The monoisotopic (exact) mass is 267 g/mol. The van der Waals surface area contributed by atoms with Gasteiger partial charge in [-0.05, 0) is 50.1 Å². The van der Waals surface area contributed by atoms with Crippen molar-refractivity contribution in [2.45, 2.75) is 64.8 Å². The van der Waals surface area contributed by atoms with E-state index in [9.17, 15) is 4.79 Å². The van der Waals surface area contributed by atoms with Crippen LogP contribution >= 0.6 is 0 Å². The molecular formula is C15H29N3O. The van der Waals surface area contributed by atoms with Crippen molar-refractivity contribution in [2.24, 2.45) is 17.2 Å². The average Bonchev–Trinajstić information content (AvgIpc) is 2.42. The van der Waals surface area contributed by atoms with E-state index in [1.807, 2.05) is 0 Å². The molecule has 4 nitrogen and oxygen atoms in total. The number of rotatable bonds is 3. The maximum atomic E-state index is 11.9. The lowest BCUT2D eigenvalue weighted by molar-refractivity contribution is -0.129. The Labute approximate surface area is 117 Å². The van der Waals surface area contributed by atoms with Crippen molar-refractivity contribution in [1.82, 2.24) is 10.3 Å². The highest BCUT2D eigenvalue weighted by Gasteiger charge is 2.39. The van der Waals surface area contributed by atoms with Gasteiger partial charge in [-0.25, -0.2) is 5.84 Å². The minimum absolute atomic E-state index is 0.0328. The lowest BCUT2D eigenvalue weighted by Gasteiger charge is -2.46. The van der Waals surface area contributed by atoms with Crippen molar-refractivity contribution in [3.8, 4) is 0 Å². The maximum Gasteiger partial charge on any atom is 0.251 e. The van der Waals surface area contributed by atoms with E-state index in [2.05, 4.69) is 24.2 Å². The minimum atomic E-state index is -0.0639. The summed E-state index contributed by atoms with van der Waals surface area (Å²) < 4.78 is 0. The second kappa shape index (κ2) is 6.23. The average molecular weight is 267 g/mol. The number of piperidine rings is 1. The Bertz CT molecular complexity index is 301. The second-order valence-corrected chi connectivity index (χ2v) is 6.79. The zero-order valence-electron chi connectivity index (χ0n) is 12.5. The van der Waals surface area contributed by atoms with Crippen LogP contribution in [0.1, 0.15) is 58.8 Å². The minimum Gasteiger partial charge on any atom is -0.293 e. The van der Waals surface area contributed by atoms with Crippen LogP contribution in [-0.4, -0.2) is 29.9 Å². The third kappa shape index (κ3) is 3.29. The van der Waals surface area contributed by atoms with Crippen LogP contribution in [0, 0.1) is 11.3 Å². The molecule has 0 aromatic heterocycles. The predicted octanol–water partition coefficient (Wildman–Crippen LogP) is 2.05. The van der Waals surface area contributed by atoms with E-state index >= 15 is 0 Å². The first-order valence-corrected chi connectivity index (χ1v) is 7.82. The van der Waals surface area contributed by atoms with E-state index in [4.69, 9.17) is 5.84 Å². The zero-order valence-corrected chi connectivity index (χ0v) is 12.5. The highest BCUT2D eigenvalue weighted by molar-refractivity contribution is 5.81. The molecule has 1 saturated carbocycles. The molecule has 2 aliphatic rings. The fraction of sp³-hybridized carbons (Fsp3) is 0.933. The number of likely N-dealkylation sites (tertiary alicyclic amines) is 1. The van der Waals surface area contributed by atoms with E-state index in [-0.39, 0.29) is 11.9 Å². The fourth-order valence-corrected chi connectivity index (χ4v) is 4.05. The van der Waals surface area contributed by atoms with Crippen LogP contribution in [0.4, 0.5) is 0 Å². The summed E-state index contributed by atoms with van der Waals surface area (Å²) in [4.78, 5) is 14.3. The van der Waals surface area contributed by atoms with Gasteiger partial charge in [0.25, 0.3) is 5.91 Å². The van der Waals surface area contributed by atoms with Crippen molar-refractivity contribution in [3.63, 3.8) is 0 Å². The molecule has 1 saturated heterocycles. The van der Waals surface area contributed by atoms with E-state index in [1.165, 1.54) is 44.9 Å². The highest BCUT2D eigenvalue weighted by atomic mass is 16.2. The van der Waals surface area contributed by atoms with Crippen molar-refractivity contribution < 1.29 is 4.79 Å². The van der Waals surface area contributed by atoms with Gasteiger partial charge in [-0.15, -0.1) is 0 Å². The van der Waals surface area contributed by atoms with Gasteiger partial charge in [-0.1, -0.05) is 33.1 Å². The molecule has 19 heavy (non-hydrogen) atoms. The van der Waals surface area contributed by atoms with Crippen molar-refractivity contribution in [2.75, 3.05) is 13.1 Å². The Morgan fingerprint density at radius 3 is 2.16 bits per heavy atom. The van der Waals surface area contributed by atoms with Crippen LogP contribution in [0.3, 0.4) is 0 Å². The molecular weight excluding hydrogens is 238 g/mol. The lowest BCUT2D eigenvalue weighted by Crippen LogP contribution is -2.55. The summed E-state index contributed by atoms with van der Waals surface area (Å²) in [6, 6.07) is -0.0639. The first-order valence-electron chi connectivity index (χ1n) is 7.82. The number of hydrogen-bond donors (Lipinski definition) is 2. The molecule has 1 aliphatic carbocycles. The molecule has 4 heteroatoms. The van der Waals surface area contributed by atoms with Gasteiger partial charge in [-0.3, -0.25) is 15.1 Å². The van der Waals surface area contributed by atoms with Gasteiger partial charge >= 0.3 is 0 Å². The summed E-state index contributed by atoms with van der Waals surface area (Å²) in [6.07, 6.45) is 9.53. The highest BCUT2D eigenvalue weighted by Crippen LogP contribution is 2.44. The number of hydrogen-bond acceptors (Lipinski definition) is 3. The molecule has 3 N–H and O–H groups in total. The third-order valence-corrected chi connectivity index (χ3v) is 5.21. The van der Waals surface area contributed by atoms with Crippen LogP contribution in [0.5, 0.6) is 0 Å². The van der Waals surface area contributed by atoms with Crippen LogP contribution in [0.2, 0.25) is 0 Å². The summed E-state index contributed by atoms with van der Waals surface area (Å²) in [6.45, 7) is 6.31. The predicted molar refractivity (Wildman–Crippen MR) is 77.3 cm³/mol. The number of hydrazine groups is 1. The molecule has 1 amide bonds. The molecule has 1 spiro atoms. The number of nitrogens with two attached hydrogens (primary N) is 1. The van der Waals surface area contributed by atoms with Gasteiger partial charge in [0.05, 0.1) is 6.04 Å². The Morgan fingerprint density at radius 1 is 1.11 bits per heavy atom. The zero-order chi connectivity index (χ0) is 13.9. The first kappa shape index (κ1) is 14.8. The topological polar surface area (TPSA) is 58.4 Å². The Balaban J connectivity index is 1.95. The van der Waals surface area contributed by atoms with E-state index in [0.717, 1.165) is 13.1 Å². The van der Waals surface area contributed by atoms with E-state index in [1.54, 1.807) is 0 Å². The molecule has 1 heterocycles. The molecule has 0 bridgehead atoms. The Morgan fingerprint density at radius 2 is 1.68 bits per heavy atom. The molecule has 0 radical (unpaired) electrons. The number of amides is 1. The Hall–Kier alpha value is -0.610. The molecule has 0 aromatic carbocycles. The molecule has 2 fully saturated rings.